The van der Waals surface area contributed by atoms with Gasteiger partial charge in [0, 0.05) is 12.0 Å². The zero-order valence-electron chi connectivity index (χ0n) is 8.45. The van der Waals surface area contributed by atoms with Crippen LogP contribution in [0.15, 0.2) is 24.3 Å². The van der Waals surface area contributed by atoms with Crippen molar-refractivity contribution >= 4 is 11.5 Å². The lowest BCUT2D eigenvalue weighted by molar-refractivity contribution is 0.0968. The Hall–Kier alpha value is -1.62. The topological polar surface area (TPSA) is 21.4 Å². The molecule has 0 heterocycles. The van der Waals surface area contributed by atoms with E-state index < -0.39 is 0 Å². The maximum Gasteiger partial charge on any atom is 0.187 e. The third kappa shape index (κ3) is 2.70. The van der Waals surface area contributed by atoms with Crippen LogP contribution in [-0.4, -0.2) is 5.78 Å². The molecule has 0 unspecified atom stereocenters. The second-order valence-electron chi connectivity index (χ2n) is 3.68. The summed E-state index contributed by atoms with van der Waals surface area (Å²) >= 11 is 0. The predicted octanol–water partition coefficient (Wildman–Crippen LogP) is 3.47. The molecule has 0 amide bonds. The minimum absolute atomic E-state index is 0.116. The quantitative estimate of drug-likeness (QED) is 0.524. The van der Waals surface area contributed by atoms with Crippen LogP contribution in [0.1, 0.15) is 30.6 Å². The molecule has 1 aromatic carbocycles. The highest BCUT2D eigenvalue weighted by molar-refractivity contribution is 5.97. The molecule has 72 valence electrons. The number of ketones is 1. The van der Waals surface area contributed by atoms with Gasteiger partial charge in [0.05, 0.1) is 6.57 Å². The zero-order chi connectivity index (χ0) is 10.6. The van der Waals surface area contributed by atoms with Crippen LogP contribution in [0.4, 0.5) is 5.69 Å². The van der Waals surface area contributed by atoms with E-state index >= 15 is 0 Å². The Bertz CT molecular complexity index is 374. The third-order valence-corrected chi connectivity index (χ3v) is 1.89. The van der Waals surface area contributed by atoms with Crippen molar-refractivity contribution in [1.82, 2.24) is 0 Å². The van der Waals surface area contributed by atoms with Crippen molar-refractivity contribution in [1.29, 1.82) is 0 Å². The Kier molecular flexibility index (Phi) is 3.41. The monoisotopic (exact) mass is 187 g/mol. The Labute approximate surface area is 84.4 Å². The smallest absolute Gasteiger partial charge is 0.187 e. The summed E-state index contributed by atoms with van der Waals surface area (Å²) in [5, 5.41) is 0. The van der Waals surface area contributed by atoms with Crippen molar-refractivity contribution in [2.45, 2.75) is 20.3 Å². The summed E-state index contributed by atoms with van der Waals surface area (Å²) in [4.78, 5) is 14.9. The van der Waals surface area contributed by atoms with Gasteiger partial charge >= 0.3 is 0 Å². The molecule has 0 atom stereocenters. The van der Waals surface area contributed by atoms with Crippen molar-refractivity contribution in [3.8, 4) is 0 Å². The van der Waals surface area contributed by atoms with Gasteiger partial charge in [-0.1, -0.05) is 32.0 Å². The summed E-state index contributed by atoms with van der Waals surface area (Å²) in [7, 11) is 0. The highest BCUT2D eigenvalue weighted by atomic mass is 16.1. The lowest BCUT2D eigenvalue weighted by Crippen LogP contribution is -2.02. The van der Waals surface area contributed by atoms with Gasteiger partial charge in [-0.2, -0.15) is 0 Å². The second-order valence-corrected chi connectivity index (χ2v) is 3.68. The normalized spacial score (nSPS) is 9.86. The number of nitrogens with zero attached hydrogens (tertiary/aromatic N) is 1. The molecule has 0 spiro atoms. The molecule has 2 heteroatoms. The third-order valence-electron chi connectivity index (χ3n) is 1.89. The predicted molar refractivity (Wildman–Crippen MR) is 56.5 cm³/mol. The Morgan fingerprint density at radius 2 is 2.21 bits per heavy atom. The van der Waals surface area contributed by atoms with E-state index in [4.69, 9.17) is 6.57 Å². The van der Waals surface area contributed by atoms with Crippen LogP contribution in [0, 0.1) is 12.5 Å². The van der Waals surface area contributed by atoms with E-state index in [1.807, 2.05) is 13.8 Å². The summed E-state index contributed by atoms with van der Waals surface area (Å²) in [6.07, 6.45) is 0.543. The number of Topliss-reactive ketones (excluding diaryl/α,β-unsaturated/α-hetero) is 1. The number of hydrogen-bond acceptors (Lipinski definition) is 1. The van der Waals surface area contributed by atoms with Crippen molar-refractivity contribution < 1.29 is 4.79 Å². The van der Waals surface area contributed by atoms with Gasteiger partial charge in [-0.05, 0) is 12.0 Å². The molecule has 0 bridgehead atoms. The van der Waals surface area contributed by atoms with Gasteiger partial charge in [-0.15, -0.1) is 0 Å². The van der Waals surface area contributed by atoms with E-state index in [-0.39, 0.29) is 5.78 Å². The van der Waals surface area contributed by atoms with Gasteiger partial charge in [-0.25, -0.2) is 4.85 Å². The molecule has 14 heavy (non-hydrogen) atoms. The maximum absolute atomic E-state index is 11.6. The van der Waals surface area contributed by atoms with E-state index in [0.29, 0.717) is 23.6 Å². The molecule has 0 saturated carbocycles. The average Bonchev–Trinajstić information content (AvgIpc) is 2.17. The van der Waals surface area contributed by atoms with Crippen molar-refractivity contribution in [2.75, 3.05) is 0 Å². The van der Waals surface area contributed by atoms with Gasteiger partial charge < -0.3 is 0 Å². The van der Waals surface area contributed by atoms with Crippen LogP contribution >= 0.6 is 0 Å². The van der Waals surface area contributed by atoms with Crippen LogP contribution in [-0.2, 0) is 0 Å². The fraction of sp³-hybridized carbons (Fsp3) is 0.333. The van der Waals surface area contributed by atoms with Gasteiger partial charge in [0.1, 0.15) is 0 Å². The van der Waals surface area contributed by atoms with E-state index in [2.05, 4.69) is 4.85 Å². The van der Waals surface area contributed by atoms with Crippen LogP contribution in [0.5, 0.6) is 0 Å². The SMILES string of the molecule is [C-]#[N+]c1cccc(C(=O)CC(C)C)c1. The largest absolute Gasteiger partial charge is 0.294 e. The Morgan fingerprint density at radius 3 is 2.79 bits per heavy atom. The van der Waals surface area contributed by atoms with Crippen molar-refractivity contribution in [3.05, 3.63) is 41.2 Å². The summed E-state index contributed by atoms with van der Waals surface area (Å²) in [6, 6.07) is 6.87. The molecule has 1 aromatic rings. The summed E-state index contributed by atoms with van der Waals surface area (Å²) < 4.78 is 0. The van der Waals surface area contributed by atoms with Crippen LogP contribution in [0.3, 0.4) is 0 Å². The number of hydrogen-bond donors (Lipinski definition) is 0. The van der Waals surface area contributed by atoms with Crippen molar-refractivity contribution in [3.63, 3.8) is 0 Å². The van der Waals surface area contributed by atoms with Crippen molar-refractivity contribution in [2.24, 2.45) is 5.92 Å². The molecular weight excluding hydrogens is 174 g/mol. The lowest BCUT2D eigenvalue weighted by Gasteiger charge is -2.03. The maximum atomic E-state index is 11.6. The first-order chi connectivity index (χ1) is 6.63. The average molecular weight is 187 g/mol. The molecule has 0 N–H and O–H groups in total. The van der Waals surface area contributed by atoms with Gasteiger partial charge in [0.25, 0.3) is 0 Å². The number of carbonyl (C=O) groups excluding carboxylic acids is 1. The van der Waals surface area contributed by atoms with Crippen LogP contribution in [0.25, 0.3) is 4.85 Å². The first kappa shape index (κ1) is 10.5. The summed E-state index contributed by atoms with van der Waals surface area (Å²) in [6.45, 7) is 10.9. The summed E-state index contributed by atoms with van der Waals surface area (Å²) in [5.41, 5.74) is 1.17. The molecule has 1 rings (SSSR count). The summed E-state index contributed by atoms with van der Waals surface area (Å²) in [5.74, 6) is 0.476. The van der Waals surface area contributed by atoms with E-state index in [0.717, 1.165) is 0 Å². The molecule has 0 radical (unpaired) electrons. The standard InChI is InChI=1S/C12H13NO/c1-9(2)7-12(14)10-5-4-6-11(8-10)13-3/h4-6,8-9H,7H2,1-2H3. The molecular formula is C12H13NO. The Balaban J connectivity index is 2.86. The fourth-order valence-electron chi connectivity index (χ4n) is 1.24. The number of benzene rings is 1. The number of rotatable bonds is 3. The molecule has 0 aliphatic heterocycles. The van der Waals surface area contributed by atoms with Crippen LogP contribution < -0.4 is 0 Å². The minimum Gasteiger partial charge on any atom is -0.294 e. The van der Waals surface area contributed by atoms with E-state index in [9.17, 15) is 4.79 Å². The number of carbonyl (C=O) groups is 1. The molecule has 0 saturated heterocycles. The molecule has 0 aromatic heterocycles. The molecule has 0 fully saturated rings. The highest BCUT2D eigenvalue weighted by Gasteiger charge is 2.07. The van der Waals surface area contributed by atoms with Gasteiger partial charge in [-0.3, -0.25) is 4.79 Å². The lowest BCUT2D eigenvalue weighted by atomic mass is 10.0. The van der Waals surface area contributed by atoms with Gasteiger partial charge in [0.2, 0.25) is 0 Å². The first-order valence-corrected chi connectivity index (χ1v) is 4.64. The first-order valence-electron chi connectivity index (χ1n) is 4.64. The fourth-order valence-corrected chi connectivity index (χ4v) is 1.24. The molecule has 2 nitrogen and oxygen atoms in total. The highest BCUT2D eigenvalue weighted by Crippen LogP contribution is 2.16. The van der Waals surface area contributed by atoms with E-state index in [1.165, 1.54) is 0 Å². The minimum atomic E-state index is 0.116. The Morgan fingerprint density at radius 1 is 1.50 bits per heavy atom. The second kappa shape index (κ2) is 4.57. The van der Waals surface area contributed by atoms with E-state index in [1.54, 1.807) is 24.3 Å². The zero-order valence-corrected chi connectivity index (χ0v) is 8.45. The van der Waals surface area contributed by atoms with Gasteiger partial charge in [0.15, 0.2) is 11.5 Å². The van der Waals surface area contributed by atoms with Crippen LogP contribution in [0.2, 0.25) is 0 Å². The molecule has 0 aliphatic carbocycles. The molecule has 0 aliphatic rings.